The van der Waals surface area contributed by atoms with E-state index in [9.17, 15) is 4.79 Å². The van der Waals surface area contributed by atoms with Gasteiger partial charge in [0, 0.05) is 33.7 Å². The van der Waals surface area contributed by atoms with Gasteiger partial charge in [0.05, 0.1) is 19.9 Å². The molecule has 1 aliphatic heterocycles. The normalized spacial score (nSPS) is 15.8. The van der Waals surface area contributed by atoms with Gasteiger partial charge in [-0.1, -0.05) is 42.0 Å². The standard InChI is InChI=1S/C22H21NO3S/c1-13-7-9-14(10-8-13)17-12-27-22-16(11-19(24)23-20(17)22)15-5-4-6-18(25-2)21(15)26-3/h4-10,12,16H,11H2,1-3H3,(H,23,24)/t16-/m1/s1. The summed E-state index contributed by atoms with van der Waals surface area (Å²) in [5.41, 5.74) is 5.28. The Morgan fingerprint density at radius 3 is 2.56 bits per heavy atom. The molecule has 0 aliphatic carbocycles. The van der Waals surface area contributed by atoms with Crippen molar-refractivity contribution in [2.24, 2.45) is 0 Å². The van der Waals surface area contributed by atoms with Crippen LogP contribution in [0.1, 0.15) is 28.3 Å². The molecule has 0 fully saturated rings. The molecule has 2 heterocycles. The minimum Gasteiger partial charge on any atom is -0.493 e. The molecule has 4 nitrogen and oxygen atoms in total. The molecule has 4 rings (SSSR count). The van der Waals surface area contributed by atoms with Crippen LogP contribution in [0.25, 0.3) is 11.1 Å². The van der Waals surface area contributed by atoms with Gasteiger partial charge in [-0.15, -0.1) is 11.3 Å². The highest BCUT2D eigenvalue weighted by Crippen LogP contribution is 2.49. The Balaban J connectivity index is 1.84. The summed E-state index contributed by atoms with van der Waals surface area (Å²) in [5, 5.41) is 5.21. The lowest BCUT2D eigenvalue weighted by Crippen LogP contribution is -2.22. The van der Waals surface area contributed by atoms with E-state index in [0.29, 0.717) is 17.9 Å². The number of thiophene rings is 1. The van der Waals surface area contributed by atoms with Crippen LogP contribution in [-0.4, -0.2) is 20.1 Å². The van der Waals surface area contributed by atoms with Crippen LogP contribution < -0.4 is 14.8 Å². The summed E-state index contributed by atoms with van der Waals surface area (Å²) in [7, 11) is 3.26. The van der Waals surface area contributed by atoms with E-state index in [4.69, 9.17) is 9.47 Å². The summed E-state index contributed by atoms with van der Waals surface area (Å²) in [4.78, 5) is 13.7. The van der Waals surface area contributed by atoms with Gasteiger partial charge in [0.2, 0.25) is 5.91 Å². The van der Waals surface area contributed by atoms with Crippen molar-refractivity contribution in [3.8, 4) is 22.6 Å². The second-order valence-electron chi connectivity index (χ2n) is 6.64. The summed E-state index contributed by atoms with van der Waals surface area (Å²) < 4.78 is 11.1. The highest BCUT2D eigenvalue weighted by atomic mass is 32.1. The van der Waals surface area contributed by atoms with Crippen molar-refractivity contribution in [2.75, 3.05) is 19.5 Å². The number of anilines is 1. The molecular formula is C22H21NO3S. The first-order chi connectivity index (χ1) is 13.1. The van der Waals surface area contributed by atoms with E-state index in [2.05, 4.69) is 41.9 Å². The fourth-order valence-corrected chi connectivity index (χ4v) is 4.76. The predicted octanol–water partition coefficient (Wildman–Crippen LogP) is 5.21. The number of para-hydroxylation sites is 1. The third kappa shape index (κ3) is 3.08. The summed E-state index contributed by atoms with van der Waals surface area (Å²) in [6.45, 7) is 2.07. The van der Waals surface area contributed by atoms with Crippen LogP contribution in [-0.2, 0) is 4.79 Å². The van der Waals surface area contributed by atoms with Crippen LogP contribution in [0.4, 0.5) is 5.69 Å². The first-order valence-electron chi connectivity index (χ1n) is 8.81. The molecule has 3 aromatic rings. The van der Waals surface area contributed by atoms with E-state index < -0.39 is 0 Å². The van der Waals surface area contributed by atoms with Crippen molar-refractivity contribution in [1.29, 1.82) is 0 Å². The topological polar surface area (TPSA) is 47.6 Å². The van der Waals surface area contributed by atoms with Crippen molar-refractivity contribution in [3.05, 3.63) is 63.8 Å². The molecule has 138 valence electrons. The Morgan fingerprint density at radius 1 is 1.07 bits per heavy atom. The molecule has 0 radical (unpaired) electrons. The van der Waals surface area contributed by atoms with Gasteiger partial charge in [0.15, 0.2) is 11.5 Å². The van der Waals surface area contributed by atoms with E-state index in [1.807, 2.05) is 18.2 Å². The fraction of sp³-hybridized carbons (Fsp3) is 0.227. The second kappa shape index (κ2) is 7.08. The summed E-state index contributed by atoms with van der Waals surface area (Å²) in [5.74, 6) is 1.33. The highest BCUT2D eigenvalue weighted by Gasteiger charge is 2.32. The van der Waals surface area contributed by atoms with Gasteiger partial charge >= 0.3 is 0 Å². The van der Waals surface area contributed by atoms with Gasteiger partial charge in [-0.25, -0.2) is 0 Å². The Hall–Kier alpha value is -2.79. The zero-order valence-electron chi connectivity index (χ0n) is 15.5. The molecule has 1 amide bonds. The average molecular weight is 379 g/mol. The molecule has 1 atom stereocenters. The molecule has 1 aliphatic rings. The molecular weight excluding hydrogens is 358 g/mol. The minimum absolute atomic E-state index is 0.0177. The lowest BCUT2D eigenvalue weighted by molar-refractivity contribution is -0.116. The number of hydrogen-bond acceptors (Lipinski definition) is 4. The number of nitrogens with one attached hydrogen (secondary N) is 1. The highest BCUT2D eigenvalue weighted by molar-refractivity contribution is 7.11. The first-order valence-corrected chi connectivity index (χ1v) is 9.69. The van der Waals surface area contributed by atoms with Crippen molar-refractivity contribution in [3.63, 3.8) is 0 Å². The van der Waals surface area contributed by atoms with Crippen LogP contribution in [0.2, 0.25) is 0 Å². The maximum atomic E-state index is 12.5. The number of carbonyl (C=O) groups is 1. The van der Waals surface area contributed by atoms with Gasteiger partial charge in [-0.3, -0.25) is 4.79 Å². The average Bonchev–Trinajstić information content (AvgIpc) is 3.11. The van der Waals surface area contributed by atoms with Crippen LogP contribution in [0.3, 0.4) is 0 Å². The number of hydrogen-bond donors (Lipinski definition) is 1. The molecule has 0 saturated heterocycles. The SMILES string of the molecule is COc1cccc([C@H]2CC(=O)Nc3c(-c4ccc(C)cc4)csc32)c1OC. The quantitative estimate of drug-likeness (QED) is 0.676. The number of ether oxygens (including phenoxy) is 2. The Kier molecular flexibility index (Phi) is 4.62. The van der Waals surface area contributed by atoms with Gasteiger partial charge in [0.1, 0.15) is 0 Å². The molecule has 0 unspecified atom stereocenters. The van der Waals surface area contributed by atoms with Crippen LogP contribution >= 0.6 is 11.3 Å². The number of aryl methyl sites for hydroxylation is 1. The first kappa shape index (κ1) is 17.6. The van der Waals surface area contributed by atoms with Crippen molar-refractivity contribution >= 4 is 22.9 Å². The number of fused-ring (bicyclic) bond motifs is 1. The zero-order chi connectivity index (χ0) is 19.0. The van der Waals surface area contributed by atoms with Crippen LogP contribution in [0.5, 0.6) is 11.5 Å². The number of methoxy groups -OCH3 is 2. The van der Waals surface area contributed by atoms with Gasteiger partial charge in [0.25, 0.3) is 0 Å². The summed E-state index contributed by atoms with van der Waals surface area (Å²) in [6.07, 6.45) is 0.393. The third-order valence-corrected chi connectivity index (χ3v) is 6.06. The number of benzene rings is 2. The summed E-state index contributed by atoms with van der Waals surface area (Å²) >= 11 is 1.68. The Bertz CT molecular complexity index is 991. The monoisotopic (exact) mass is 379 g/mol. The molecule has 0 saturated carbocycles. The lowest BCUT2D eigenvalue weighted by atomic mass is 9.88. The predicted molar refractivity (Wildman–Crippen MR) is 109 cm³/mol. The molecule has 0 bridgehead atoms. The molecule has 5 heteroatoms. The fourth-order valence-electron chi connectivity index (χ4n) is 3.61. The lowest BCUT2D eigenvalue weighted by Gasteiger charge is -2.25. The van der Waals surface area contributed by atoms with Gasteiger partial charge in [-0.05, 0) is 18.6 Å². The van der Waals surface area contributed by atoms with Gasteiger partial charge < -0.3 is 14.8 Å². The summed E-state index contributed by atoms with van der Waals surface area (Å²) in [6, 6.07) is 14.2. The van der Waals surface area contributed by atoms with Crippen molar-refractivity contribution in [1.82, 2.24) is 0 Å². The maximum absolute atomic E-state index is 12.5. The Morgan fingerprint density at radius 2 is 1.85 bits per heavy atom. The van der Waals surface area contributed by atoms with E-state index in [-0.39, 0.29) is 11.8 Å². The maximum Gasteiger partial charge on any atom is 0.225 e. The Labute approximate surface area is 162 Å². The number of amides is 1. The van der Waals surface area contributed by atoms with E-state index >= 15 is 0 Å². The smallest absolute Gasteiger partial charge is 0.225 e. The second-order valence-corrected chi connectivity index (χ2v) is 7.55. The molecule has 2 aromatic carbocycles. The molecule has 1 aromatic heterocycles. The van der Waals surface area contributed by atoms with E-state index in [1.54, 1.807) is 25.6 Å². The minimum atomic E-state index is -0.0528. The van der Waals surface area contributed by atoms with E-state index in [0.717, 1.165) is 27.3 Å². The zero-order valence-corrected chi connectivity index (χ0v) is 16.4. The number of carbonyl (C=O) groups excluding carboxylic acids is 1. The van der Waals surface area contributed by atoms with Crippen molar-refractivity contribution < 1.29 is 14.3 Å². The van der Waals surface area contributed by atoms with Gasteiger partial charge in [-0.2, -0.15) is 0 Å². The third-order valence-electron chi connectivity index (χ3n) is 4.96. The number of rotatable bonds is 4. The molecule has 0 spiro atoms. The molecule has 1 N–H and O–H groups in total. The van der Waals surface area contributed by atoms with Crippen LogP contribution in [0.15, 0.2) is 47.8 Å². The largest absolute Gasteiger partial charge is 0.493 e. The molecule has 27 heavy (non-hydrogen) atoms. The van der Waals surface area contributed by atoms with E-state index in [1.165, 1.54) is 5.56 Å². The van der Waals surface area contributed by atoms with Crippen molar-refractivity contribution in [2.45, 2.75) is 19.3 Å². The van der Waals surface area contributed by atoms with Crippen LogP contribution in [0, 0.1) is 6.92 Å².